The average molecular weight is 538 g/mol. The molecule has 2 fully saturated rings. The predicted molar refractivity (Wildman–Crippen MR) is 144 cm³/mol. The molecule has 1 atom stereocenters. The van der Waals surface area contributed by atoms with Crippen LogP contribution in [0.1, 0.15) is 49.4 Å². The summed E-state index contributed by atoms with van der Waals surface area (Å²) in [7, 11) is 0. The summed E-state index contributed by atoms with van der Waals surface area (Å²) in [4.78, 5) is 37.5. The molecule has 5 rings (SSSR count). The van der Waals surface area contributed by atoms with Gasteiger partial charge in [-0.1, -0.05) is 19.4 Å². The molecular formula is C29H33F2N5O3. The van der Waals surface area contributed by atoms with Gasteiger partial charge in [-0.15, -0.1) is 0 Å². The normalized spacial score (nSPS) is 18.1. The number of hydrogen-bond acceptors (Lipinski definition) is 6. The second-order valence-corrected chi connectivity index (χ2v) is 10.3. The van der Waals surface area contributed by atoms with Gasteiger partial charge in [-0.05, 0) is 55.5 Å². The summed E-state index contributed by atoms with van der Waals surface area (Å²) in [6.45, 7) is 4.51. The van der Waals surface area contributed by atoms with E-state index in [1.165, 1.54) is 35.5 Å². The highest BCUT2D eigenvalue weighted by Crippen LogP contribution is 2.35. The lowest BCUT2D eigenvalue weighted by molar-refractivity contribution is -0.125. The molecule has 1 aromatic heterocycles. The van der Waals surface area contributed by atoms with Gasteiger partial charge >= 0.3 is 0 Å². The molecule has 206 valence electrons. The SMILES string of the molecule is CCCCNC(=O)C1CCN(c2ncnc3c(-c4ccc(C(=O)N5CCC(O)C5)c(F)c4)cc(F)cc23)CC1. The van der Waals surface area contributed by atoms with Crippen molar-refractivity contribution in [2.24, 2.45) is 5.92 Å². The predicted octanol–water partition coefficient (Wildman–Crippen LogP) is 3.91. The van der Waals surface area contributed by atoms with Gasteiger partial charge in [0, 0.05) is 49.6 Å². The first-order valence-corrected chi connectivity index (χ1v) is 13.6. The maximum Gasteiger partial charge on any atom is 0.256 e. The summed E-state index contributed by atoms with van der Waals surface area (Å²) in [6.07, 6.45) is 4.59. The number of piperidine rings is 1. The minimum Gasteiger partial charge on any atom is -0.391 e. The molecule has 0 saturated carbocycles. The fourth-order valence-corrected chi connectivity index (χ4v) is 5.43. The minimum absolute atomic E-state index is 0.0634. The van der Waals surface area contributed by atoms with Gasteiger partial charge in [-0.25, -0.2) is 18.7 Å². The molecule has 0 bridgehead atoms. The molecule has 2 saturated heterocycles. The third kappa shape index (κ3) is 5.71. The Morgan fingerprint density at radius 2 is 1.87 bits per heavy atom. The number of likely N-dealkylation sites (tertiary alicyclic amines) is 1. The number of rotatable bonds is 7. The van der Waals surface area contributed by atoms with Crippen molar-refractivity contribution < 1.29 is 23.5 Å². The third-order valence-electron chi connectivity index (χ3n) is 7.64. The Morgan fingerprint density at radius 1 is 1.08 bits per heavy atom. The maximum atomic E-state index is 15.1. The highest BCUT2D eigenvalue weighted by molar-refractivity contribution is 6.00. The monoisotopic (exact) mass is 537 g/mol. The summed E-state index contributed by atoms with van der Waals surface area (Å²) in [5.41, 5.74) is 1.17. The van der Waals surface area contributed by atoms with E-state index in [1.807, 2.05) is 4.90 Å². The van der Waals surface area contributed by atoms with Crippen LogP contribution in [0.4, 0.5) is 14.6 Å². The summed E-state index contributed by atoms with van der Waals surface area (Å²) < 4.78 is 30.0. The largest absolute Gasteiger partial charge is 0.391 e. The van der Waals surface area contributed by atoms with E-state index in [1.54, 1.807) is 6.07 Å². The van der Waals surface area contributed by atoms with Crippen molar-refractivity contribution in [3.8, 4) is 11.1 Å². The number of β-amino-alcohol motifs (C(OH)–C–C–N with tert-alkyl or cyclic N) is 1. The van der Waals surface area contributed by atoms with Crippen molar-refractivity contribution in [3.63, 3.8) is 0 Å². The number of amides is 2. The second-order valence-electron chi connectivity index (χ2n) is 10.3. The lowest BCUT2D eigenvalue weighted by Crippen LogP contribution is -2.41. The van der Waals surface area contributed by atoms with Crippen LogP contribution in [0.2, 0.25) is 0 Å². The van der Waals surface area contributed by atoms with Crippen LogP contribution >= 0.6 is 0 Å². The molecule has 10 heteroatoms. The number of hydrogen-bond donors (Lipinski definition) is 2. The number of nitrogens with zero attached hydrogens (tertiary/aromatic N) is 4. The quantitative estimate of drug-likeness (QED) is 0.444. The number of carbonyl (C=O) groups is 2. The van der Waals surface area contributed by atoms with Crippen LogP contribution in [0.5, 0.6) is 0 Å². The van der Waals surface area contributed by atoms with Crippen LogP contribution in [-0.4, -0.2) is 70.6 Å². The molecule has 8 nitrogen and oxygen atoms in total. The van der Waals surface area contributed by atoms with Crippen molar-refractivity contribution in [3.05, 3.63) is 53.9 Å². The molecule has 3 aromatic rings. The number of carbonyl (C=O) groups excluding carboxylic acids is 2. The number of aliphatic hydroxyl groups is 1. The molecule has 1 unspecified atom stereocenters. The van der Waals surface area contributed by atoms with E-state index < -0.39 is 23.6 Å². The Hall–Kier alpha value is -3.66. The highest BCUT2D eigenvalue weighted by Gasteiger charge is 2.29. The maximum absolute atomic E-state index is 15.1. The zero-order valence-electron chi connectivity index (χ0n) is 22.0. The Labute approximate surface area is 226 Å². The molecule has 0 radical (unpaired) electrons. The molecular weight excluding hydrogens is 504 g/mol. The van der Waals surface area contributed by atoms with Crippen molar-refractivity contribution in [2.75, 3.05) is 37.6 Å². The van der Waals surface area contributed by atoms with Crippen LogP contribution in [0.25, 0.3) is 22.0 Å². The molecule has 0 aliphatic carbocycles. The van der Waals surface area contributed by atoms with E-state index in [0.29, 0.717) is 73.3 Å². The Morgan fingerprint density at radius 3 is 2.56 bits per heavy atom. The summed E-state index contributed by atoms with van der Waals surface area (Å²) >= 11 is 0. The van der Waals surface area contributed by atoms with Gasteiger partial charge < -0.3 is 20.2 Å². The summed E-state index contributed by atoms with van der Waals surface area (Å²) in [6, 6.07) is 6.89. The first-order chi connectivity index (χ1) is 18.9. The number of aromatic nitrogens is 2. The Balaban J connectivity index is 1.39. The highest BCUT2D eigenvalue weighted by atomic mass is 19.1. The van der Waals surface area contributed by atoms with Crippen molar-refractivity contribution >= 4 is 28.5 Å². The van der Waals surface area contributed by atoms with E-state index in [4.69, 9.17) is 0 Å². The molecule has 2 aliphatic heterocycles. The first kappa shape index (κ1) is 26.9. The van der Waals surface area contributed by atoms with Crippen LogP contribution < -0.4 is 10.2 Å². The van der Waals surface area contributed by atoms with E-state index in [9.17, 15) is 19.1 Å². The number of unbranched alkanes of at least 4 members (excludes halogenated alkanes) is 1. The number of aliphatic hydroxyl groups excluding tert-OH is 1. The Bertz CT molecular complexity index is 1380. The fraction of sp³-hybridized carbons (Fsp3) is 0.448. The number of fused-ring (bicyclic) bond motifs is 1. The number of anilines is 1. The topological polar surface area (TPSA) is 98.7 Å². The number of halogens is 2. The summed E-state index contributed by atoms with van der Waals surface area (Å²) in [5, 5.41) is 13.2. The van der Waals surface area contributed by atoms with Gasteiger partial charge in [0.25, 0.3) is 5.91 Å². The lowest BCUT2D eigenvalue weighted by Gasteiger charge is -2.32. The molecule has 2 amide bonds. The molecule has 2 aliphatic rings. The van der Waals surface area contributed by atoms with E-state index >= 15 is 4.39 Å². The average Bonchev–Trinajstić information content (AvgIpc) is 3.38. The van der Waals surface area contributed by atoms with Gasteiger partial charge in [0.15, 0.2) is 0 Å². The van der Waals surface area contributed by atoms with Gasteiger partial charge in [0.2, 0.25) is 5.91 Å². The smallest absolute Gasteiger partial charge is 0.256 e. The van der Waals surface area contributed by atoms with E-state index in [2.05, 4.69) is 22.2 Å². The number of nitrogens with one attached hydrogen (secondary N) is 1. The zero-order chi connectivity index (χ0) is 27.5. The van der Waals surface area contributed by atoms with Gasteiger partial charge in [0.05, 0.1) is 17.2 Å². The van der Waals surface area contributed by atoms with Gasteiger partial charge in [-0.3, -0.25) is 9.59 Å². The molecule has 2 N–H and O–H groups in total. The van der Waals surface area contributed by atoms with Crippen molar-refractivity contribution in [1.82, 2.24) is 20.2 Å². The van der Waals surface area contributed by atoms with E-state index in [-0.39, 0.29) is 23.9 Å². The molecule has 2 aromatic carbocycles. The first-order valence-electron chi connectivity index (χ1n) is 13.6. The van der Waals surface area contributed by atoms with Crippen LogP contribution in [-0.2, 0) is 4.79 Å². The minimum atomic E-state index is -0.718. The standard InChI is InChI=1S/C29H33F2N5O3/c1-2-3-9-32-28(38)18-6-10-35(11-7-18)27-24-15-20(30)14-23(26(24)33-17-34-27)19-4-5-22(25(31)13-19)29(39)36-12-8-21(37)16-36/h4-5,13-15,17-18,21,37H,2-3,6-12,16H2,1H3,(H,32,38). The van der Waals surface area contributed by atoms with Gasteiger partial charge in [0.1, 0.15) is 23.8 Å². The Kier molecular flexibility index (Phi) is 8.02. The van der Waals surface area contributed by atoms with Crippen LogP contribution in [0.3, 0.4) is 0 Å². The van der Waals surface area contributed by atoms with Crippen molar-refractivity contribution in [1.29, 1.82) is 0 Å². The molecule has 39 heavy (non-hydrogen) atoms. The summed E-state index contributed by atoms with van der Waals surface area (Å²) in [5.74, 6) is -1.12. The third-order valence-corrected chi connectivity index (χ3v) is 7.64. The zero-order valence-corrected chi connectivity index (χ0v) is 22.0. The lowest BCUT2D eigenvalue weighted by atomic mass is 9.95. The molecule has 3 heterocycles. The van der Waals surface area contributed by atoms with E-state index in [0.717, 1.165) is 12.8 Å². The van der Waals surface area contributed by atoms with Crippen LogP contribution in [0.15, 0.2) is 36.7 Å². The number of benzene rings is 2. The fourth-order valence-electron chi connectivity index (χ4n) is 5.43. The van der Waals surface area contributed by atoms with Crippen LogP contribution in [0, 0.1) is 17.6 Å². The van der Waals surface area contributed by atoms with Crippen molar-refractivity contribution in [2.45, 2.75) is 45.1 Å². The second kappa shape index (κ2) is 11.6. The van der Waals surface area contributed by atoms with Gasteiger partial charge in [-0.2, -0.15) is 0 Å². The molecule has 0 spiro atoms.